The van der Waals surface area contributed by atoms with Crippen molar-refractivity contribution in [1.29, 1.82) is 5.26 Å². The first kappa shape index (κ1) is 11.9. The van der Waals surface area contributed by atoms with Crippen LogP contribution in [-0.2, 0) is 0 Å². The van der Waals surface area contributed by atoms with Crippen LogP contribution in [0.5, 0.6) is 0 Å². The molecule has 0 spiro atoms. The number of nitriles is 1. The van der Waals surface area contributed by atoms with Gasteiger partial charge in [0.25, 0.3) is 0 Å². The minimum atomic E-state index is 0.522. The molecule has 1 fully saturated rings. The van der Waals surface area contributed by atoms with Crippen molar-refractivity contribution in [2.45, 2.75) is 25.8 Å². The summed E-state index contributed by atoms with van der Waals surface area (Å²) in [6.45, 7) is 3.96. The minimum absolute atomic E-state index is 0.522. The molecule has 17 heavy (non-hydrogen) atoms. The van der Waals surface area contributed by atoms with Gasteiger partial charge in [0.05, 0.1) is 5.56 Å². The largest absolute Gasteiger partial charge is 0.357 e. The van der Waals surface area contributed by atoms with Crippen molar-refractivity contribution in [2.75, 3.05) is 25.0 Å². The Hall–Kier alpha value is -1.60. The molecule has 1 aliphatic heterocycles. The van der Waals surface area contributed by atoms with Gasteiger partial charge in [0, 0.05) is 25.3 Å². The quantitative estimate of drug-likeness (QED) is 0.854. The SMILES string of the molecule is Cc1ccc(C#N)c(N(C)CC2CCCN2)n1. The highest BCUT2D eigenvalue weighted by Crippen LogP contribution is 2.18. The summed E-state index contributed by atoms with van der Waals surface area (Å²) in [5.74, 6) is 0.793. The lowest BCUT2D eigenvalue weighted by Gasteiger charge is -2.23. The van der Waals surface area contributed by atoms with E-state index in [1.54, 1.807) is 0 Å². The number of anilines is 1. The standard InChI is InChI=1S/C13H18N4/c1-10-5-6-11(8-14)13(16-10)17(2)9-12-4-3-7-15-12/h5-6,12,15H,3-4,7,9H2,1-2H3. The normalized spacial score (nSPS) is 19.0. The lowest BCUT2D eigenvalue weighted by atomic mass is 10.2. The first-order valence-electron chi connectivity index (χ1n) is 6.03. The van der Waals surface area contributed by atoms with Crippen LogP contribution in [0.3, 0.4) is 0 Å². The van der Waals surface area contributed by atoms with Crippen LogP contribution in [0.1, 0.15) is 24.1 Å². The zero-order valence-corrected chi connectivity index (χ0v) is 10.4. The summed E-state index contributed by atoms with van der Waals surface area (Å²) < 4.78 is 0. The second-order valence-corrected chi connectivity index (χ2v) is 4.61. The van der Waals surface area contributed by atoms with Crippen molar-refractivity contribution in [1.82, 2.24) is 10.3 Å². The van der Waals surface area contributed by atoms with Gasteiger partial charge in [-0.05, 0) is 38.4 Å². The van der Waals surface area contributed by atoms with Crippen LogP contribution in [-0.4, -0.2) is 31.2 Å². The fraction of sp³-hybridized carbons (Fsp3) is 0.538. The first-order valence-corrected chi connectivity index (χ1v) is 6.03. The van der Waals surface area contributed by atoms with Crippen LogP contribution < -0.4 is 10.2 Å². The van der Waals surface area contributed by atoms with E-state index in [4.69, 9.17) is 5.26 Å². The maximum atomic E-state index is 9.09. The lowest BCUT2D eigenvalue weighted by molar-refractivity contribution is 0.597. The highest BCUT2D eigenvalue weighted by atomic mass is 15.2. The molecule has 1 aliphatic rings. The van der Waals surface area contributed by atoms with Gasteiger partial charge >= 0.3 is 0 Å². The third-order valence-corrected chi connectivity index (χ3v) is 3.15. The molecule has 4 nitrogen and oxygen atoms in total. The Morgan fingerprint density at radius 2 is 2.41 bits per heavy atom. The predicted molar refractivity (Wildman–Crippen MR) is 68.0 cm³/mol. The number of rotatable bonds is 3. The molecule has 0 aromatic carbocycles. The van der Waals surface area contributed by atoms with E-state index >= 15 is 0 Å². The molecule has 0 bridgehead atoms. The molecule has 90 valence electrons. The van der Waals surface area contributed by atoms with Crippen LogP contribution in [0, 0.1) is 18.3 Å². The second kappa shape index (κ2) is 5.15. The van der Waals surface area contributed by atoms with Crippen LogP contribution in [0.4, 0.5) is 5.82 Å². The van der Waals surface area contributed by atoms with Gasteiger partial charge in [-0.15, -0.1) is 0 Å². The Morgan fingerprint density at radius 1 is 1.59 bits per heavy atom. The molecule has 0 radical (unpaired) electrons. The summed E-state index contributed by atoms with van der Waals surface area (Å²) in [7, 11) is 2.00. The fourth-order valence-electron chi connectivity index (χ4n) is 2.25. The van der Waals surface area contributed by atoms with Crippen molar-refractivity contribution < 1.29 is 0 Å². The van der Waals surface area contributed by atoms with Gasteiger partial charge < -0.3 is 10.2 Å². The number of nitrogens with zero attached hydrogens (tertiary/aromatic N) is 3. The fourth-order valence-corrected chi connectivity index (χ4v) is 2.25. The maximum Gasteiger partial charge on any atom is 0.146 e. The zero-order valence-electron chi connectivity index (χ0n) is 10.4. The third kappa shape index (κ3) is 2.75. The molecule has 1 aromatic rings. The molecular formula is C13H18N4. The highest BCUT2D eigenvalue weighted by Gasteiger charge is 2.18. The van der Waals surface area contributed by atoms with Crippen LogP contribution in [0.25, 0.3) is 0 Å². The van der Waals surface area contributed by atoms with Crippen LogP contribution >= 0.6 is 0 Å². The van der Waals surface area contributed by atoms with Crippen molar-refractivity contribution in [2.24, 2.45) is 0 Å². The molecule has 1 aromatic heterocycles. The Balaban J connectivity index is 2.14. The number of likely N-dealkylation sites (N-methyl/N-ethyl adjacent to an activating group) is 1. The van der Waals surface area contributed by atoms with E-state index in [0.717, 1.165) is 24.6 Å². The Labute approximate surface area is 102 Å². The van der Waals surface area contributed by atoms with Crippen molar-refractivity contribution in [3.8, 4) is 6.07 Å². The molecular weight excluding hydrogens is 212 g/mol. The Kier molecular flexibility index (Phi) is 3.60. The third-order valence-electron chi connectivity index (χ3n) is 3.15. The van der Waals surface area contributed by atoms with E-state index in [-0.39, 0.29) is 0 Å². The molecule has 1 atom stereocenters. The summed E-state index contributed by atoms with van der Waals surface area (Å²) in [4.78, 5) is 6.54. The van der Waals surface area contributed by atoms with E-state index in [2.05, 4.69) is 21.3 Å². The minimum Gasteiger partial charge on any atom is -0.357 e. The molecule has 2 rings (SSSR count). The number of hydrogen-bond acceptors (Lipinski definition) is 4. The van der Waals surface area contributed by atoms with Crippen molar-refractivity contribution in [3.63, 3.8) is 0 Å². The topological polar surface area (TPSA) is 52.0 Å². The smallest absolute Gasteiger partial charge is 0.146 e. The first-order chi connectivity index (χ1) is 8.20. The number of pyridine rings is 1. The van der Waals surface area contributed by atoms with E-state index in [1.165, 1.54) is 12.8 Å². The van der Waals surface area contributed by atoms with E-state index in [0.29, 0.717) is 11.6 Å². The van der Waals surface area contributed by atoms with Crippen molar-refractivity contribution in [3.05, 3.63) is 23.4 Å². The van der Waals surface area contributed by atoms with Crippen LogP contribution in [0.2, 0.25) is 0 Å². The molecule has 0 saturated carbocycles. The van der Waals surface area contributed by atoms with E-state index in [9.17, 15) is 0 Å². The summed E-state index contributed by atoms with van der Waals surface area (Å²) in [5, 5.41) is 12.5. The molecule has 4 heteroatoms. The lowest BCUT2D eigenvalue weighted by Crippen LogP contribution is -2.36. The van der Waals surface area contributed by atoms with E-state index in [1.807, 2.05) is 26.1 Å². The van der Waals surface area contributed by atoms with Crippen molar-refractivity contribution >= 4 is 5.82 Å². The average Bonchev–Trinajstić information content (AvgIpc) is 2.81. The molecule has 1 saturated heterocycles. The summed E-state index contributed by atoms with van der Waals surface area (Å²) in [5.41, 5.74) is 1.60. The van der Waals surface area contributed by atoms with Gasteiger partial charge in [0.2, 0.25) is 0 Å². The Bertz CT molecular complexity index is 430. The number of hydrogen-bond donors (Lipinski definition) is 1. The number of aromatic nitrogens is 1. The predicted octanol–water partition coefficient (Wildman–Crippen LogP) is 1.45. The number of aryl methyl sites for hydroxylation is 1. The monoisotopic (exact) mass is 230 g/mol. The van der Waals surface area contributed by atoms with Gasteiger partial charge in [-0.25, -0.2) is 4.98 Å². The van der Waals surface area contributed by atoms with Gasteiger partial charge in [0.1, 0.15) is 11.9 Å². The molecule has 1 unspecified atom stereocenters. The molecule has 0 amide bonds. The summed E-state index contributed by atoms with van der Waals surface area (Å²) >= 11 is 0. The maximum absolute atomic E-state index is 9.09. The summed E-state index contributed by atoms with van der Waals surface area (Å²) in [6.07, 6.45) is 2.45. The van der Waals surface area contributed by atoms with Gasteiger partial charge in [-0.2, -0.15) is 5.26 Å². The molecule has 2 heterocycles. The average molecular weight is 230 g/mol. The zero-order chi connectivity index (χ0) is 12.3. The van der Waals surface area contributed by atoms with Gasteiger partial charge in [-0.1, -0.05) is 0 Å². The van der Waals surface area contributed by atoms with Crippen LogP contribution in [0.15, 0.2) is 12.1 Å². The Morgan fingerprint density at radius 3 is 3.06 bits per heavy atom. The molecule has 0 aliphatic carbocycles. The van der Waals surface area contributed by atoms with E-state index < -0.39 is 0 Å². The number of nitrogens with one attached hydrogen (secondary N) is 1. The molecule has 1 N–H and O–H groups in total. The van der Waals surface area contributed by atoms with Gasteiger partial charge in [-0.3, -0.25) is 0 Å². The second-order valence-electron chi connectivity index (χ2n) is 4.61. The van der Waals surface area contributed by atoms with Gasteiger partial charge in [0.15, 0.2) is 0 Å². The highest BCUT2D eigenvalue weighted by molar-refractivity contribution is 5.53. The summed E-state index contributed by atoms with van der Waals surface area (Å²) in [6, 6.07) is 6.45.